The number of morpholine rings is 1. The van der Waals surface area contributed by atoms with Gasteiger partial charge in [-0.1, -0.05) is 0 Å². The summed E-state index contributed by atoms with van der Waals surface area (Å²) in [4.78, 5) is 19.9. The van der Waals surface area contributed by atoms with Crippen LogP contribution in [0.3, 0.4) is 0 Å². The monoisotopic (exact) mass is 468 g/mol. The van der Waals surface area contributed by atoms with E-state index in [1.165, 1.54) is 19.0 Å². The summed E-state index contributed by atoms with van der Waals surface area (Å²) in [5.74, 6) is 1.34. The lowest BCUT2D eigenvalue weighted by molar-refractivity contribution is 0.00791. The van der Waals surface area contributed by atoms with E-state index in [1.807, 2.05) is 12.3 Å². The average molecular weight is 469 g/mol. The third kappa shape index (κ3) is 5.68. The highest BCUT2D eigenvalue weighted by Gasteiger charge is 2.27. The molecule has 3 fully saturated rings. The minimum atomic E-state index is 0.266. The van der Waals surface area contributed by atoms with Crippen LogP contribution in [0.2, 0.25) is 0 Å². The van der Waals surface area contributed by atoms with Crippen molar-refractivity contribution in [1.82, 2.24) is 19.9 Å². The van der Waals surface area contributed by atoms with Crippen LogP contribution in [-0.4, -0.2) is 83.7 Å². The van der Waals surface area contributed by atoms with Crippen molar-refractivity contribution in [1.29, 1.82) is 0 Å². The Kier molecular flexibility index (Phi) is 7.57. The van der Waals surface area contributed by atoms with Crippen LogP contribution in [0.4, 0.5) is 11.8 Å². The number of rotatable bonds is 7. The van der Waals surface area contributed by atoms with Crippen molar-refractivity contribution in [3.8, 4) is 0 Å². The Balaban J connectivity index is 1.23. The van der Waals surface area contributed by atoms with E-state index in [1.54, 1.807) is 6.21 Å². The second-order valence-electron chi connectivity index (χ2n) is 9.30. The predicted molar refractivity (Wildman–Crippen MR) is 134 cm³/mol. The van der Waals surface area contributed by atoms with Gasteiger partial charge in [0, 0.05) is 57.0 Å². The summed E-state index contributed by atoms with van der Waals surface area (Å²) in [5, 5.41) is 7.92. The molecular formula is C24H36N8O2. The van der Waals surface area contributed by atoms with E-state index in [2.05, 4.69) is 30.5 Å². The third-order valence-electron chi connectivity index (χ3n) is 7.07. The SMILES string of the molecule is NC=C(C=NC1CCOCC1)Nc1nc(NC2CCC(N3CCOCC3)CC2)c2cc[nH]c2n1. The highest BCUT2D eigenvalue weighted by atomic mass is 16.5. The summed E-state index contributed by atoms with van der Waals surface area (Å²) in [5.41, 5.74) is 7.33. The van der Waals surface area contributed by atoms with Crippen LogP contribution in [0.25, 0.3) is 11.0 Å². The molecule has 1 saturated carbocycles. The molecule has 184 valence electrons. The molecule has 0 radical (unpaired) electrons. The number of hydrogen-bond donors (Lipinski definition) is 4. The number of aromatic nitrogens is 3. The van der Waals surface area contributed by atoms with Crippen molar-refractivity contribution in [2.45, 2.75) is 56.7 Å². The highest BCUT2D eigenvalue weighted by Crippen LogP contribution is 2.28. The minimum Gasteiger partial charge on any atom is -0.403 e. The Hall–Kier alpha value is -2.69. The summed E-state index contributed by atoms with van der Waals surface area (Å²) in [6, 6.07) is 3.36. The quantitative estimate of drug-likeness (QED) is 0.457. The number of ether oxygens (including phenoxy) is 2. The first kappa shape index (κ1) is 23.1. The third-order valence-corrected chi connectivity index (χ3v) is 7.07. The molecule has 10 heteroatoms. The van der Waals surface area contributed by atoms with Gasteiger partial charge in [0.1, 0.15) is 11.5 Å². The Bertz CT molecular complexity index is 986. The Morgan fingerprint density at radius 1 is 1.06 bits per heavy atom. The maximum Gasteiger partial charge on any atom is 0.231 e. The van der Waals surface area contributed by atoms with Crippen molar-refractivity contribution < 1.29 is 9.47 Å². The van der Waals surface area contributed by atoms with Gasteiger partial charge in [0.05, 0.1) is 30.3 Å². The van der Waals surface area contributed by atoms with Crippen LogP contribution in [0.1, 0.15) is 38.5 Å². The lowest BCUT2D eigenvalue weighted by Gasteiger charge is -2.39. The van der Waals surface area contributed by atoms with Gasteiger partial charge in [0.25, 0.3) is 0 Å². The topological polar surface area (TPSA) is 126 Å². The molecule has 2 saturated heterocycles. The number of nitrogens with zero attached hydrogens (tertiary/aromatic N) is 4. The fourth-order valence-electron chi connectivity index (χ4n) is 5.09. The molecule has 3 aliphatic rings. The predicted octanol–water partition coefficient (Wildman–Crippen LogP) is 2.47. The van der Waals surface area contributed by atoms with Crippen molar-refractivity contribution in [2.24, 2.45) is 10.7 Å². The molecule has 0 aromatic carbocycles. The molecule has 1 aliphatic carbocycles. The van der Waals surface area contributed by atoms with E-state index >= 15 is 0 Å². The van der Waals surface area contributed by atoms with Crippen LogP contribution in [0.15, 0.2) is 29.2 Å². The number of aliphatic imine (C=N–C) groups is 1. The number of allylic oxidation sites excluding steroid dienone is 1. The van der Waals surface area contributed by atoms with Gasteiger partial charge in [0.15, 0.2) is 0 Å². The summed E-state index contributed by atoms with van der Waals surface area (Å²) >= 11 is 0. The zero-order valence-corrected chi connectivity index (χ0v) is 19.7. The maximum absolute atomic E-state index is 5.86. The molecule has 0 atom stereocenters. The molecule has 0 spiro atoms. The van der Waals surface area contributed by atoms with Gasteiger partial charge < -0.3 is 30.8 Å². The summed E-state index contributed by atoms with van der Waals surface area (Å²) in [6.07, 6.45) is 11.7. The fraction of sp³-hybridized carbons (Fsp3) is 0.625. The summed E-state index contributed by atoms with van der Waals surface area (Å²) in [6.45, 7) is 5.35. The number of nitrogens with one attached hydrogen (secondary N) is 3. The molecule has 2 aliphatic heterocycles. The summed E-state index contributed by atoms with van der Waals surface area (Å²) < 4.78 is 10.9. The Labute approximate surface area is 200 Å². The second kappa shape index (κ2) is 11.2. The van der Waals surface area contributed by atoms with E-state index in [9.17, 15) is 0 Å². The summed E-state index contributed by atoms with van der Waals surface area (Å²) in [7, 11) is 0. The lowest BCUT2D eigenvalue weighted by Crippen LogP contribution is -2.46. The second-order valence-corrected chi connectivity index (χ2v) is 9.30. The number of hydrogen-bond acceptors (Lipinski definition) is 9. The number of aromatic amines is 1. The molecule has 0 unspecified atom stereocenters. The van der Waals surface area contributed by atoms with Crippen LogP contribution < -0.4 is 16.4 Å². The molecule has 5 N–H and O–H groups in total. The van der Waals surface area contributed by atoms with E-state index in [4.69, 9.17) is 20.2 Å². The zero-order valence-electron chi connectivity index (χ0n) is 19.7. The molecule has 10 nitrogen and oxygen atoms in total. The molecule has 2 aromatic rings. The molecule has 2 aromatic heterocycles. The van der Waals surface area contributed by atoms with E-state index in [0.29, 0.717) is 23.7 Å². The smallest absolute Gasteiger partial charge is 0.231 e. The van der Waals surface area contributed by atoms with Gasteiger partial charge in [-0.05, 0) is 44.6 Å². The Morgan fingerprint density at radius 3 is 2.59 bits per heavy atom. The van der Waals surface area contributed by atoms with Crippen LogP contribution >= 0.6 is 0 Å². The molecule has 4 heterocycles. The number of H-pyrrole nitrogens is 1. The van der Waals surface area contributed by atoms with Gasteiger partial charge in [-0.2, -0.15) is 9.97 Å². The number of anilines is 2. The van der Waals surface area contributed by atoms with Gasteiger partial charge in [0.2, 0.25) is 5.95 Å². The fourth-order valence-corrected chi connectivity index (χ4v) is 5.09. The number of fused-ring (bicyclic) bond motifs is 1. The van der Waals surface area contributed by atoms with Gasteiger partial charge in [-0.3, -0.25) is 9.89 Å². The standard InChI is InChI=1S/C24H36N8O2/c25-15-19(16-27-17-6-11-33-12-7-17)29-24-30-22-21(5-8-26-22)23(31-24)28-18-1-3-20(4-2-18)32-9-13-34-14-10-32/h5,8,15-18,20H,1-4,6-7,9-14,25H2,(H3,26,28,29,30,31). The first-order valence-corrected chi connectivity index (χ1v) is 12.5. The van der Waals surface area contributed by atoms with E-state index in [-0.39, 0.29) is 6.04 Å². The number of nitrogens with two attached hydrogens (primary N) is 1. The highest BCUT2D eigenvalue weighted by molar-refractivity contribution is 5.89. The molecule has 0 bridgehead atoms. The minimum absolute atomic E-state index is 0.266. The Morgan fingerprint density at radius 2 is 1.82 bits per heavy atom. The van der Waals surface area contributed by atoms with E-state index in [0.717, 1.165) is 82.1 Å². The van der Waals surface area contributed by atoms with Crippen LogP contribution in [0, 0.1) is 0 Å². The normalized spacial score (nSPS) is 25.7. The van der Waals surface area contributed by atoms with Crippen LogP contribution in [-0.2, 0) is 9.47 Å². The van der Waals surface area contributed by atoms with Crippen molar-refractivity contribution in [3.05, 3.63) is 24.2 Å². The first-order valence-electron chi connectivity index (χ1n) is 12.5. The van der Waals surface area contributed by atoms with E-state index < -0.39 is 0 Å². The molecular weight excluding hydrogens is 432 g/mol. The van der Waals surface area contributed by atoms with Crippen molar-refractivity contribution in [3.63, 3.8) is 0 Å². The molecule has 34 heavy (non-hydrogen) atoms. The van der Waals surface area contributed by atoms with Gasteiger partial charge >= 0.3 is 0 Å². The van der Waals surface area contributed by atoms with Gasteiger partial charge in [-0.25, -0.2) is 0 Å². The first-order chi connectivity index (χ1) is 16.8. The lowest BCUT2D eigenvalue weighted by atomic mass is 9.90. The van der Waals surface area contributed by atoms with Gasteiger partial charge in [-0.15, -0.1) is 0 Å². The molecule has 0 amide bonds. The van der Waals surface area contributed by atoms with Crippen molar-refractivity contribution >= 4 is 29.0 Å². The molecule has 5 rings (SSSR count). The zero-order chi connectivity index (χ0) is 23.2. The largest absolute Gasteiger partial charge is 0.403 e. The van der Waals surface area contributed by atoms with Crippen LogP contribution in [0.5, 0.6) is 0 Å². The average Bonchev–Trinajstić information content (AvgIpc) is 3.37. The maximum atomic E-state index is 5.86. The van der Waals surface area contributed by atoms with Crippen molar-refractivity contribution in [2.75, 3.05) is 50.2 Å².